The van der Waals surface area contributed by atoms with Gasteiger partial charge in [-0.2, -0.15) is 0 Å². The average molecular weight is 226 g/mol. The molecule has 2 aromatic rings. The van der Waals surface area contributed by atoms with Crippen LogP contribution >= 0.6 is 0 Å². The van der Waals surface area contributed by atoms with E-state index in [0.29, 0.717) is 5.58 Å². The molecule has 0 N–H and O–H groups in total. The third-order valence-corrected chi connectivity index (χ3v) is 3.32. The van der Waals surface area contributed by atoms with Crippen LogP contribution in [0, 0.1) is 0 Å². The van der Waals surface area contributed by atoms with Gasteiger partial charge in [0, 0.05) is 16.9 Å². The summed E-state index contributed by atoms with van der Waals surface area (Å²) in [5.41, 5.74) is 1.26. The predicted octanol–water partition coefficient (Wildman–Crippen LogP) is 3.62. The summed E-state index contributed by atoms with van der Waals surface area (Å²) in [7, 11) is 0. The molecule has 0 saturated carbocycles. The van der Waals surface area contributed by atoms with Crippen molar-refractivity contribution in [3.8, 4) is 0 Å². The van der Waals surface area contributed by atoms with E-state index in [-0.39, 0.29) is 11.5 Å². The molecule has 2 heteroatoms. The second-order valence-electron chi connectivity index (χ2n) is 4.49. The average Bonchev–Trinajstić information content (AvgIpc) is 2.39. The number of allylic oxidation sites excluding steroid dienone is 2. The maximum absolute atomic E-state index is 11.9. The van der Waals surface area contributed by atoms with Gasteiger partial charge in [0.25, 0.3) is 0 Å². The quantitative estimate of drug-likeness (QED) is 0.549. The molecule has 0 fully saturated rings. The number of hydrogen-bond donors (Lipinski definition) is 0. The Bertz CT molecular complexity index is 622. The lowest BCUT2D eigenvalue weighted by Gasteiger charge is -2.15. The van der Waals surface area contributed by atoms with Gasteiger partial charge < -0.3 is 4.42 Å². The molecule has 2 nitrogen and oxygen atoms in total. The van der Waals surface area contributed by atoms with E-state index in [9.17, 15) is 4.79 Å². The Labute approximate surface area is 99.6 Å². The summed E-state index contributed by atoms with van der Waals surface area (Å²) in [6, 6.07) is 9.63. The van der Waals surface area contributed by atoms with Crippen molar-refractivity contribution < 1.29 is 4.42 Å². The Morgan fingerprint density at radius 3 is 2.94 bits per heavy atom. The molecule has 0 amide bonds. The maximum Gasteiger partial charge on any atom is 0.340 e. The number of rotatable bonds is 1. The fraction of sp³-hybridized carbons (Fsp3) is 0.267. The second kappa shape index (κ2) is 4.21. The molecule has 0 saturated heterocycles. The first-order valence-corrected chi connectivity index (χ1v) is 6.04. The van der Waals surface area contributed by atoms with Crippen LogP contribution in [0.15, 0.2) is 51.7 Å². The highest BCUT2D eigenvalue weighted by Gasteiger charge is 2.16. The van der Waals surface area contributed by atoms with Gasteiger partial charge in [-0.3, -0.25) is 0 Å². The van der Waals surface area contributed by atoms with Crippen LogP contribution in [-0.2, 0) is 0 Å². The van der Waals surface area contributed by atoms with E-state index in [1.54, 1.807) is 0 Å². The molecule has 1 heterocycles. The Morgan fingerprint density at radius 1 is 1.24 bits per heavy atom. The first kappa shape index (κ1) is 10.3. The van der Waals surface area contributed by atoms with Gasteiger partial charge in [0.2, 0.25) is 0 Å². The molecule has 0 spiro atoms. The van der Waals surface area contributed by atoms with E-state index in [1.807, 2.05) is 30.3 Å². The van der Waals surface area contributed by atoms with Gasteiger partial charge in [0.15, 0.2) is 0 Å². The SMILES string of the molecule is O=c1oc2ccccc2cc1C1C=CCCC1. The standard InChI is InChI=1S/C15H14O2/c16-15-13(11-6-2-1-3-7-11)10-12-8-4-5-9-14(12)17-15/h2,4-6,8-11H,1,3,7H2. The van der Waals surface area contributed by atoms with Crippen LogP contribution in [-0.4, -0.2) is 0 Å². The van der Waals surface area contributed by atoms with Crippen LogP contribution in [0.4, 0.5) is 0 Å². The van der Waals surface area contributed by atoms with Crippen molar-refractivity contribution in [2.45, 2.75) is 25.2 Å². The number of para-hydroxylation sites is 1. The van der Waals surface area contributed by atoms with Crippen LogP contribution in [0.25, 0.3) is 11.0 Å². The second-order valence-corrected chi connectivity index (χ2v) is 4.49. The van der Waals surface area contributed by atoms with Gasteiger partial charge in [-0.15, -0.1) is 0 Å². The largest absolute Gasteiger partial charge is 0.423 e. The van der Waals surface area contributed by atoms with E-state index in [0.717, 1.165) is 30.2 Å². The number of benzene rings is 1. The van der Waals surface area contributed by atoms with Crippen molar-refractivity contribution in [3.63, 3.8) is 0 Å². The summed E-state index contributed by atoms with van der Waals surface area (Å²) >= 11 is 0. The van der Waals surface area contributed by atoms with Gasteiger partial charge in [-0.05, 0) is 31.4 Å². The van der Waals surface area contributed by atoms with E-state index in [2.05, 4.69) is 12.2 Å². The van der Waals surface area contributed by atoms with Crippen molar-refractivity contribution in [3.05, 3.63) is 58.5 Å². The summed E-state index contributed by atoms with van der Waals surface area (Å²) in [4.78, 5) is 11.9. The van der Waals surface area contributed by atoms with Crippen LogP contribution < -0.4 is 5.63 Å². The molecule has 0 aliphatic heterocycles. The van der Waals surface area contributed by atoms with Crippen LogP contribution in [0.2, 0.25) is 0 Å². The van der Waals surface area contributed by atoms with Crippen molar-refractivity contribution in [2.75, 3.05) is 0 Å². The molecule has 17 heavy (non-hydrogen) atoms. The fourth-order valence-electron chi connectivity index (χ4n) is 2.41. The topological polar surface area (TPSA) is 30.2 Å². The first-order chi connectivity index (χ1) is 8.34. The predicted molar refractivity (Wildman–Crippen MR) is 68.2 cm³/mol. The summed E-state index contributed by atoms with van der Waals surface area (Å²) in [5.74, 6) is 0.226. The molecule has 1 aromatic heterocycles. The Balaban J connectivity index is 2.16. The zero-order valence-corrected chi connectivity index (χ0v) is 9.56. The van der Waals surface area contributed by atoms with Crippen LogP contribution in [0.5, 0.6) is 0 Å². The van der Waals surface area contributed by atoms with E-state index in [1.165, 1.54) is 0 Å². The summed E-state index contributed by atoms with van der Waals surface area (Å²) < 4.78 is 5.36. The third-order valence-electron chi connectivity index (χ3n) is 3.32. The Morgan fingerprint density at radius 2 is 2.12 bits per heavy atom. The molecule has 1 aliphatic carbocycles. The number of hydrogen-bond acceptors (Lipinski definition) is 2. The molecule has 1 aromatic carbocycles. The molecular weight excluding hydrogens is 212 g/mol. The fourth-order valence-corrected chi connectivity index (χ4v) is 2.41. The lowest BCUT2D eigenvalue weighted by Crippen LogP contribution is -2.12. The normalized spacial score (nSPS) is 19.6. The zero-order valence-electron chi connectivity index (χ0n) is 9.56. The van der Waals surface area contributed by atoms with Crippen molar-refractivity contribution >= 4 is 11.0 Å². The smallest absolute Gasteiger partial charge is 0.340 e. The molecule has 3 rings (SSSR count). The molecular formula is C15H14O2. The summed E-state index contributed by atoms with van der Waals surface area (Å²) in [5, 5.41) is 1.00. The van der Waals surface area contributed by atoms with Gasteiger partial charge >= 0.3 is 5.63 Å². The highest BCUT2D eigenvalue weighted by molar-refractivity contribution is 5.76. The highest BCUT2D eigenvalue weighted by Crippen LogP contribution is 2.27. The monoisotopic (exact) mass is 226 g/mol. The van der Waals surface area contributed by atoms with Crippen molar-refractivity contribution in [1.29, 1.82) is 0 Å². The van der Waals surface area contributed by atoms with Gasteiger partial charge in [0.05, 0.1) is 0 Å². The zero-order chi connectivity index (χ0) is 11.7. The molecule has 86 valence electrons. The van der Waals surface area contributed by atoms with Crippen molar-refractivity contribution in [2.24, 2.45) is 0 Å². The minimum atomic E-state index is -0.194. The van der Waals surface area contributed by atoms with Crippen LogP contribution in [0.3, 0.4) is 0 Å². The molecule has 0 bridgehead atoms. The van der Waals surface area contributed by atoms with Gasteiger partial charge in [-0.1, -0.05) is 30.4 Å². The van der Waals surface area contributed by atoms with E-state index >= 15 is 0 Å². The highest BCUT2D eigenvalue weighted by atomic mass is 16.4. The van der Waals surface area contributed by atoms with E-state index < -0.39 is 0 Å². The number of fused-ring (bicyclic) bond motifs is 1. The lowest BCUT2D eigenvalue weighted by atomic mass is 9.90. The molecule has 1 unspecified atom stereocenters. The molecule has 1 aliphatic rings. The first-order valence-electron chi connectivity index (χ1n) is 6.04. The molecule has 0 radical (unpaired) electrons. The maximum atomic E-state index is 11.9. The Hall–Kier alpha value is -1.83. The lowest BCUT2D eigenvalue weighted by molar-refractivity contribution is 0.535. The van der Waals surface area contributed by atoms with Crippen molar-refractivity contribution in [1.82, 2.24) is 0 Å². The summed E-state index contributed by atoms with van der Waals surface area (Å²) in [6.07, 6.45) is 7.59. The van der Waals surface area contributed by atoms with E-state index in [4.69, 9.17) is 4.42 Å². The van der Waals surface area contributed by atoms with Gasteiger partial charge in [-0.25, -0.2) is 4.79 Å². The minimum Gasteiger partial charge on any atom is -0.423 e. The summed E-state index contributed by atoms with van der Waals surface area (Å²) in [6.45, 7) is 0. The van der Waals surface area contributed by atoms with Gasteiger partial charge in [0.1, 0.15) is 5.58 Å². The minimum absolute atomic E-state index is 0.194. The Kier molecular flexibility index (Phi) is 2.56. The van der Waals surface area contributed by atoms with Crippen LogP contribution in [0.1, 0.15) is 30.7 Å². The third kappa shape index (κ3) is 1.91. The molecule has 1 atom stereocenters.